The standard InChI is InChI=1S/C58H67FN10O6/c1-36(2)68-35-61-47-33-46(62-54(52(47)68)75-49-9-5-4-8-45(49)59)39-10-13-44-48(30-39)69(42-31-41(32-42)64-22-6-3-7-23-64)57(74)58(44)20-28-67(29-21-58)56(73)38-18-26-66(27-19-38)55(72)37-16-24-65(25-17-37)50-14-11-40(34-60-50)43-12-15-51(70)63-53(43)71/h4-5,8-11,13-14,30,33-38,41-43H,3,6-7,12,15-29,31-32H2,1-2H3,(H,63,70,71)/t41?,42?,43-/m1/s1. The number of halogens is 1. The number of hydrogen-bond donors (Lipinski definition) is 1. The van der Waals surface area contributed by atoms with Crippen molar-refractivity contribution >= 4 is 52.1 Å². The summed E-state index contributed by atoms with van der Waals surface area (Å²) in [4.78, 5) is 92.7. The van der Waals surface area contributed by atoms with Gasteiger partial charge >= 0.3 is 0 Å². The average Bonchev–Trinajstić information content (AvgIpc) is 3.96. The van der Waals surface area contributed by atoms with Crippen LogP contribution in [0.2, 0.25) is 0 Å². The summed E-state index contributed by atoms with van der Waals surface area (Å²) in [6, 6.07) is 18.9. The molecule has 6 aliphatic heterocycles. The lowest BCUT2D eigenvalue weighted by atomic mass is 9.73. The molecule has 7 aliphatic rings. The third kappa shape index (κ3) is 9.11. The lowest BCUT2D eigenvalue weighted by Gasteiger charge is -2.48. The van der Waals surface area contributed by atoms with E-state index >= 15 is 9.18 Å². The number of fused-ring (bicyclic) bond motifs is 3. The number of benzene rings is 2. The van der Waals surface area contributed by atoms with Gasteiger partial charge in [-0.1, -0.05) is 36.8 Å². The Morgan fingerprint density at radius 3 is 2.16 bits per heavy atom. The Hall–Kier alpha value is -6.75. The van der Waals surface area contributed by atoms with Crippen molar-refractivity contribution in [3.8, 4) is 22.9 Å². The van der Waals surface area contributed by atoms with Crippen LogP contribution in [0.4, 0.5) is 15.9 Å². The van der Waals surface area contributed by atoms with Crippen molar-refractivity contribution in [2.24, 2.45) is 11.8 Å². The molecule has 1 N–H and O–H groups in total. The van der Waals surface area contributed by atoms with Crippen LogP contribution in [0.15, 0.2) is 73.2 Å². The fraction of sp³-hybridized carbons (Fsp3) is 0.517. The van der Waals surface area contributed by atoms with Gasteiger partial charge in [0.05, 0.1) is 28.9 Å². The highest BCUT2D eigenvalue weighted by molar-refractivity contribution is 6.09. The SMILES string of the molecule is CC(C)n1cnc2cc(-c3ccc4c(c3)N(C3CC(N5CCCCC5)C3)C(=O)C43CCN(C(=O)C4CCN(C(=O)C5CCN(c6ccc([C@H]7CCC(=O)NC7=O)cn6)CC5)CC4)CC3)nc(Oc3ccccc3F)c21. The number of carbonyl (C=O) groups is 5. The second kappa shape index (κ2) is 20.1. The molecular weight excluding hydrogens is 952 g/mol. The average molecular weight is 1020 g/mol. The van der Waals surface area contributed by atoms with E-state index in [1.165, 1.54) is 25.3 Å². The lowest BCUT2D eigenvalue weighted by molar-refractivity contribution is -0.144. The van der Waals surface area contributed by atoms with E-state index in [9.17, 15) is 19.2 Å². The number of anilines is 2. The predicted octanol–water partition coefficient (Wildman–Crippen LogP) is 7.90. The maximum absolute atomic E-state index is 15.3. The Morgan fingerprint density at radius 1 is 0.773 bits per heavy atom. The molecule has 1 aliphatic carbocycles. The van der Waals surface area contributed by atoms with E-state index in [2.05, 4.69) is 51.0 Å². The van der Waals surface area contributed by atoms with Crippen molar-refractivity contribution < 1.29 is 33.1 Å². The number of ether oxygens (including phenoxy) is 1. The Balaban J connectivity index is 0.712. The van der Waals surface area contributed by atoms with Gasteiger partial charge in [-0.25, -0.2) is 19.3 Å². The van der Waals surface area contributed by atoms with Gasteiger partial charge < -0.3 is 33.8 Å². The van der Waals surface area contributed by atoms with Crippen LogP contribution in [0.5, 0.6) is 11.6 Å². The summed E-state index contributed by atoms with van der Waals surface area (Å²) in [5.41, 5.74) is 4.73. The monoisotopic (exact) mass is 1020 g/mol. The van der Waals surface area contributed by atoms with E-state index in [1.807, 2.05) is 38.6 Å². The molecule has 0 unspecified atom stereocenters. The van der Waals surface area contributed by atoms with Crippen LogP contribution in [0.3, 0.4) is 0 Å². The number of amides is 5. The number of imide groups is 1. The largest absolute Gasteiger partial charge is 0.434 e. The smallest absolute Gasteiger partial charge is 0.246 e. The van der Waals surface area contributed by atoms with Crippen molar-refractivity contribution in [1.82, 2.24) is 39.5 Å². The van der Waals surface area contributed by atoms with Crippen molar-refractivity contribution in [1.29, 1.82) is 0 Å². The number of rotatable bonds is 10. The summed E-state index contributed by atoms with van der Waals surface area (Å²) in [5, 5.41) is 2.42. The van der Waals surface area contributed by atoms with E-state index < -0.39 is 11.2 Å². The third-order valence-electron chi connectivity index (χ3n) is 17.8. The minimum Gasteiger partial charge on any atom is -0.434 e. The molecule has 17 heteroatoms. The van der Waals surface area contributed by atoms with Gasteiger partial charge in [-0.2, -0.15) is 0 Å². The lowest BCUT2D eigenvalue weighted by Crippen LogP contribution is -2.58. The van der Waals surface area contributed by atoms with Gasteiger partial charge in [-0.05, 0) is 139 Å². The molecule has 9 heterocycles. The van der Waals surface area contributed by atoms with E-state index in [0.717, 1.165) is 54.1 Å². The predicted molar refractivity (Wildman–Crippen MR) is 281 cm³/mol. The molecule has 75 heavy (non-hydrogen) atoms. The molecule has 1 atom stereocenters. The fourth-order valence-electron chi connectivity index (χ4n) is 13.3. The maximum atomic E-state index is 15.3. The minimum atomic E-state index is -0.756. The molecule has 392 valence electrons. The number of piperidine rings is 5. The zero-order valence-electron chi connectivity index (χ0n) is 43.1. The van der Waals surface area contributed by atoms with Crippen LogP contribution in [0.25, 0.3) is 22.3 Å². The maximum Gasteiger partial charge on any atom is 0.246 e. The number of imidazole rings is 1. The van der Waals surface area contributed by atoms with E-state index in [0.29, 0.717) is 113 Å². The molecule has 3 aromatic heterocycles. The number of nitrogens with one attached hydrogen (secondary N) is 1. The van der Waals surface area contributed by atoms with Crippen LogP contribution >= 0.6 is 0 Å². The van der Waals surface area contributed by atoms with Gasteiger partial charge in [-0.15, -0.1) is 0 Å². The summed E-state index contributed by atoms with van der Waals surface area (Å²) in [7, 11) is 0. The van der Waals surface area contributed by atoms with Crippen LogP contribution < -0.4 is 19.9 Å². The van der Waals surface area contributed by atoms with Gasteiger partial charge in [-0.3, -0.25) is 29.3 Å². The van der Waals surface area contributed by atoms with E-state index in [-0.39, 0.29) is 71.0 Å². The number of nitrogens with zero attached hydrogens (tertiary/aromatic N) is 9. The van der Waals surface area contributed by atoms with Crippen molar-refractivity contribution in [2.45, 2.75) is 127 Å². The normalized spacial score (nSPS) is 23.7. The molecule has 5 saturated heterocycles. The van der Waals surface area contributed by atoms with Crippen LogP contribution in [-0.2, 0) is 29.4 Å². The summed E-state index contributed by atoms with van der Waals surface area (Å²) >= 11 is 0. The van der Waals surface area contributed by atoms with Gasteiger partial charge in [0.25, 0.3) is 0 Å². The van der Waals surface area contributed by atoms with Gasteiger partial charge in [0.15, 0.2) is 11.6 Å². The molecule has 6 fully saturated rings. The zero-order chi connectivity index (χ0) is 51.5. The van der Waals surface area contributed by atoms with E-state index in [4.69, 9.17) is 14.7 Å². The minimum absolute atomic E-state index is 0.0527. The molecule has 12 rings (SSSR count). The number of pyridine rings is 2. The van der Waals surface area contributed by atoms with Crippen LogP contribution in [-0.4, -0.2) is 128 Å². The first-order valence-corrected chi connectivity index (χ1v) is 27.6. The first kappa shape index (κ1) is 49.1. The molecule has 5 amide bonds. The first-order chi connectivity index (χ1) is 36.4. The van der Waals surface area contributed by atoms with Gasteiger partial charge in [0.1, 0.15) is 11.3 Å². The topological polar surface area (TPSA) is 166 Å². The Labute approximate surface area is 437 Å². The summed E-state index contributed by atoms with van der Waals surface area (Å²) in [6.45, 7) is 9.81. The van der Waals surface area contributed by atoms with Crippen molar-refractivity contribution in [2.75, 3.05) is 62.2 Å². The summed E-state index contributed by atoms with van der Waals surface area (Å²) in [5.74, 6) is -0.0764. The Morgan fingerprint density at radius 2 is 1.48 bits per heavy atom. The number of aromatic nitrogens is 4. The Bertz CT molecular complexity index is 3020. The fourth-order valence-corrected chi connectivity index (χ4v) is 13.3. The second-order valence-corrected chi connectivity index (χ2v) is 22.5. The second-order valence-electron chi connectivity index (χ2n) is 22.5. The van der Waals surface area contributed by atoms with Crippen molar-refractivity contribution in [3.05, 3.63) is 90.1 Å². The summed E-state index contributed by atoms with van der Waals surface area (Å²) in [6.07, 6.45) is 13.6. The molecule has 0 radical (unpaired) electrons. The highest BCUT2D eigenvalue weighted by Gasteiger charge is 2.56. The Kier molecular flexibility index (Phi) is 13.2. The molecule has 5 aromatic rings. The molecular formula is C58H67FN10O6. The molecule has 16 nitrogen and oxygen atoms in total. The number of hydrogen-bond acceptors (Lipinski definition) is 11. The highest BCUT2D eigenvalue weighted by Crippen LogP contribution is 2.52. The quantitative estimate of drug-likeness (QED) is 0.135. The van der Waals surface area contributed by atoms with Crippen LogP contribution in [0, 0.1) is 17.7 Å². The third-order valence-corrected chi connectivity index (χ3v) is 17.8. The van der Waals surface area contributed by atoms with Crippen molar-refractivity contribution in [3.63, 3.8) is 0 Å². The highest BCUT2D eigenvalue weighted by atomic mass is 19.1. The molecule has 1 spiro atoms. The zero-order valence-corrected chi connectivity index (χ0v) is 43.1. The summed E-state index contributed by atoms with van der Waals surface area (Å²) < 4.78 is 23.3. The van der Waals surface area contributed by atoms with Gasteiger partial charge in [0, 0.05) is 93.1 Å². The van der Waals surface area contributed by atoms with Gasteiger partial charge in [0.2, 0.25) is 35.4 Å². The molecule has 1 saturated carbocycles. The number of para-hydroxylation sites is 1. The van der Waals surface area contributed by atoms with Crippen LogP contribution in [0.1, 0.15) is 120 Å². The molecule has 0 bridgehead atoms. The number of likely N-dealkylation sites (tertiary alicyclic amines) is 3. The molecule has 2 aromatic carbocycles. The first-order valence-electron chi connectivity index (χ1n) is 27.6. The van der Waals surface area contributed by atoms with E-state index in [1.54, 1.807) is 30.7 Å². The number of carbonyl (C=O) groups excluding carboxylic acids is 5.